The quantitative estimate of drug-likeness (QED) is 0.611. The van der Waals surface area contributed by atoms with Crippen LogP contribution < -0.4 is 21.9 Å². The van der Waals surface area contributed by atoms with E-state index in [4.69, 9.17) is 11.5 Å². The summed E-state index contributed by atoms with van der Waals surface area (Å²) in [7, 11) is 0. The van der Waals surface area contributed by atoms with E-state index in [1.54, 1.807) is 0 Å². The zero-order chi connectivity index (χ0) is 11.3. The third kappa shape index (κ3) is 2.69. The molecule has 15 heavy (non-hydrogen) atoms. The van der Waals surface area contributed by atoms with Crippen molar-refractivity contribution in [3.63, 3.8) is 0 Å². The van der Waals surface area contributed by atoms with Crippen molar-refractivity contribution in [2.24, 2.45) is 5.73 Å². The van der Waals surface area contributed by atoms with Gasteiger partial charge in [-0.05, 0) is 6.42 Å². The van der Waals surface area contributed by atoms with E-state index in [1.807, 2.05) is 11.8 Å². The van der Waals surface area contributed by atoms with E-state index < -0.39 is 0 Å². The molecule has 0 saturated carbocycles. The molecule has 0 radical (unpaired) electrons. The Bertz CT molecular complexity index is 356. The van der Waals surface area contributed by atoms with E-state index in [2.05, 4.69) is 9.97 Å². The molecule has 0 aromatic carbocycles. The number of nitrogens with two attached hydrogens (primary N) is 2. The minimum atomic E-state index is -0.307. The summed E-state index contributed by atoms with van der Waals surface area (Å²) in [6.45, 7) is 3.99. The Balaban J connectivity index is 2.99. The van der Waals surface area contributed by atoms with Gasteiger partial charge >= 0.3 is 0 Å². The van der Waals surface area contributed by atoms with Crippen LogP contribution in [0.3, 0.4) is 0 Å². The van der Waals surface area contributed by atoms with Crippen molar-refractivity contribution in [2.45, 2.75) is 13.3 Å². The molecule has 5 N–H and O–H groups in total. The number of nitrogens with one attached hydrogen (secondary N) is 1. The monoisotopic (exact) mass is 211 g/mol. The molecule has 84 valence electrons. The number of rotatable bonds is 5. The molecule has 0 aliphatic rings. The predicted octanol–water partition coefficient (Wildman–Crippen LogP) is -0.473. The summed E-state index contributed by atoms with van der Waals surface area (Å²) in [4.78, 5) is 19.7. The van der Waals surface area contributed by atoms with E-state index in [-0.39, 0.29) is 11.2 Å². The van der Waals surface area contributed by atoms with E-state index in [9.17, 15) is 4.79 Å². The van der Waals surface area contributed by atoms with Crippen molar-refractivity contribution < 1.29 is 0 Å². The topological polar surface area (TPSA) is 101 Å². The van der Waals surface area contributed by atoms with Gasteiger partial charge in [-0.1, -0.05) is 6.92 Å². The number of nitrogen functional groups attached to an aromatic ring is 1. The SMILES string of the molecule is CCCN(CCN)c1nc[nH]c(=O)c1N. The lowest BCUT2D eigenvalue weighted by Crippen LogP contribution is -2.33. The summed E-state index contributed by atoms with van der Waals surface area (Å²) >= 11 is 0. The van der Waals surface area contributed by atoms with E-state index in [1.165, 1.54) is 6.33 Å². The third-order valence-corrected chi connectivity index (χ3v) is 2.06. The minimum Gasteiger partial charge on any atom is -0.391 e. The zero-order valence-corrected chi connectivity index (χ0v) is 8.86. The first-order chi connectivity index (χ1) is 7.20. The van der Waals surface area contributed by atoms with Gasteiger partial charge in [0.15, 0.2) is 5.82 Å². The summed E-state index contributed by atoms with van der Waals surface area (Å²) < 4.78 is 0. The normalized spacial score (nSPS) is 10.3. The lowest BCUT2D eigenvalue weighted by atomic mass is 10.3. The van der Waals surface area contributed by atoms with Gasteiger partial charge < -0.3 is 21.4 Å². The smallest absolute Gasteiger partial charge is 0.276 e. The van der Waals surface area contributed by atoms with Gasteiger partial charge in [0.2, 0.25) is 0 Å². The first-order valence-corrected chi connectivity index (χ1v) is 4.98. The molecule has 1 aromatic heterocycles. The fourth-order valence-corrected chi connectivity index (χ4v) is 1.40. The fourth-order valence-electron chi connectivity index (χ4n) is 1.40. The van der Waals surface area contributed by atoms with Crippen molar-refractivity contribution >= 4 is 11.5 Å². The lowest BCUT2D eigenvalue weighted by molar-refractivity contribution is 0.749. The molecule has 0 spiro atoms. The Morgan fingerprint density at radius 3 is 2.87 bits per heavy atom. The van der Waals surface area contributed by atoms with Gasteiger partial charge in [0.1, 0.15) is 5.69 Å². The molecule has 0 bridgehead atoms. The molecule has 1 aromatic rings. The van der Waals surface area contributed by atoms with Gasteiger partial charge in [-0.2, -0.15) is 0 Å². The highest BCUT2D eigenvalue weighted by atomic mass is 16.1. The van der Waals surface area contributed by atoms with E-state index in [0.29, 0.717) is 18.9 Å². The Labute approximate surface area is 88.3 Å². The Kier molecular flexibility index (Phi) is 4.11. The summed E-state index contributed by atoms with van der Waals surface area (Å²) in [6, 6.07) is 0. The van der Waals surface area contributed by atoms with Crippen molar-refractivity contribution in [2.75, 3.05) is 30.3 Å². The molecule has 0 saturated heterocycles. The van der Waals surface area contributed by atoms with Gasteiger partial charge in [0.05, 0.1) is 6.33 Å². The maximum absolute atomic E-state index is 11.3. The number of aromatic nitrogens is 2. The van der Waals surface area contributed by atoms with Crippen molar-refractivity contribution in [3.05, 3.63) is 16.7 Å². The van der Waals surface area contributed by atoms with Crippen LogP contribution in [-0.2, 0) is 0 Å². The summed E-state index contributed by atoms with van der Waals surface area (Å²) in [5.41, 5.74) is 11.0. The number of nitrogens with zero attached hydrogens (tertiary/aromatic N) is 2. The molecular weight excluding hydrogens is 194 g/mol. The highest BCUT2D eigenvalue weighted by Gasteiger charge is 2.11. The fraction of sp³-hybridized carbons (Fsp3) is 0.556. The number of aromatic amines is 1. The molecule has 0 amide bonds. The lowest BCUT2D eigenvalue weighted by Gasteiger charge is -2.22. The van der Waals surface area contributed by atoms with Crippen molar-refractivity contribution in [1.82, 2.24) is 9.97 Å². The average Bonchev–Trinajstić information content (AvgIpc) is 2.22. The highest BCUT2D eigenvalue weighted by molar-refractivity contribution is 5.60. The largest absolute Gasteiger partial charge is 0.391 e. The molecule has 1 heterocycles. The Morgan fingerprint density at radius 2 is 2.27 bits per heavy atom. The van der Waals surface area contributed by atoms with E-state index >= 15 is 0 Å². The van der Waals surface area contributed by atoms with Gasteiger partial charge in [0.25, 0.3) is 5.56 Å². The van der Waals surface area contributed by atoms with Crippen LogP contribution in [0.5, 0.6) is 0 Å². The maximum atomic E-state index is 11.3. The second-order valence-corrected chi connectivity index (χ2v) is 3.24. The Morgan fingerprint density at radius 1 is 1.53 bits per heavy atom. The number of hydrogen-bond acceptors (Lipinski definition) is 5. The second kappa shape index (κ2) is 5.35. The van der Waals surface area contributed by atoms with Crippen LogP contribution in [0.2, 0.25) is 0 Å². The molecule has 6 nitrogen and oxygen atoms in total. The molecule has 0 unspecified atom stereocenters. The first-order valence-electron chi connectivity index (χ1n) is 4.98. The van der Waals surface area contributed by atoms with Gasteiger partial charge in [-0.25, -0.2) is 4.98 Å². The standard InChI is InChI=1S/C9H17N5O/c1-2-4-14(5-3-10)8-7(11)9(15)13-6-12-8/h6H,2-5,10-11H2,1H3,(H,12,13,15). The van der Waals surface area contributed by atoms with Crippen LogP contribution >= 0.6 is 0 Å². The van der Waals surface area contributed by atoms with Crippen LogP contribution in [0.1, 0.15) is 13.3 Å². The van der Waals surface area contributed by atoms with Crippen LogP contribution in [0.4, 0.5) is 11.5 Å². The van der Waals surface area contributed by atoms with Crippen LogP contribution in [0.25, 0.3) is 0 Å². The molecule has 0 aliphatic carbocycles. The third-order valence-electron chi connectivity index (χ3n) is 2.06. The number of anilines is 2. The molecule has 0 aliphatic heterocycles. The van der Waals surface area contributed by atoms with Gasteiger partial charge in [-0.3, -0.25) is 4.79 Å². The van der Waals surface area contributed by atoms with Crippen LogP contribution in [-0.4, -0.2) is 29.6 Å². The molecule has 0 fully saturated rings. The Hall–Kier alpha value is -1.56. The summed E-state index contributed by atoms with van der Waals surface area (Å²) in [5.74, 6) is 0.519. The predicted molar refractivity (Wildman–Crippen MR) is 60.8 cm³/mol. The van der Waals surface area contributed by atoms with Crippen LogP contribution in [0, 0.1) is 0 Å². The summed E-state index contributed by atoms with van der Waals surface area (Å²) in [6.07, 6.45) is 2.31. The molecule has 1 rings (SSSR count). The molecule has 0 atom stereocenters. The summed E-state index contributed by atoms with van der Waals surface area (Å²) in [5, 5.41) is 0. The zero-order valence-electron chi connectivity index (χ0n) is 8.86. The minimum absolute atomic E-state index is 0.152. The first kappa shape index (κ1) is 11.5. The second-order valence-electron chi connectivity index (χ2n) is 3.24. The van der Waals surface area contributed by atoms with Crippen molar-refractivity contribution in [1.29, 1.82) is 0 Å². The molecular formula is C9H17N5O. The van der Waals surface area contributed by atoms with E-state index in [0.717, 1.165) is 13.0 Å². The number of hydrogen-bond donors (Lipinski definition) is 3. The van der Waals surface area contributed by atoms with Crippen LogP contribution in [0.15, 0.2) is 11.1 Å². The maximum Gasteiger partial charge on any atom is 0.276 e. The number of H-pyrrole nitrogens is 1. The molecule has 6 heteroatoms. The average molecular weight is 211 g/mol. The highest BCUT2D eigenvalue weighted by Crippen LogP contribution is 2.14. The van der Waals surface area contributed by atoms with Gasteiger partial charge in [0, 0.05) is 19.6 Å². The van der Waals surface area contributed by atoms with Crippen molar-refractivity contribution in [3.8, 4) is 0 Å². The van der Waals surface area contributed by atoms with Gasteiger partial charge in [-0.15, -0.1) is 0 Å².